The summed E-state index contributed by atoms with van der Waals surface area (Å²) in [6.45, 7) is 5.84. The zero-order chi connectivity index (χ0) is 21.8. The Balaban J connectivity index is 1.38. The molecule has 0 saturated carbocycles. The number of ether oxygens (including phenoxy) is 1. The van der Waals surface area contributed by atoms with Crippen LogP contribution in [0.1, 0.15) is 16.7 Å². The molecule has 0 bridgehead atoms. The molecule has 3 aromatic rings. The van der Waals surface area contributed by atoms with Crippen LogP contribution in [0.3, 0.4) is 0 Å². The molecule has 1 saturated heterocycles. The Kier molecular flexibility index (Phi) is 6.32. The van der Waals surface area contributed by atoms with Gasteiger partial charge >= 0.3 is 5.63 Å². The van der Waals surface area contributed by atoms with E-state index in [2.05, 4.69) is 9.88 Å². The topological polar surface area (TPSA) is 75.9 Å². The lowest BCUT2D eigenvalue weighted by molar-refractivity contribution is -0.132. The summed E-state index contributed by atoms with van der Waals surface area (Å²) < 4.78 is 10.7. The van der Waals surface area contributed by atoms with E-state index < -0.39 is 5.63 Å². The Morgan fingerprint density at radius 2 is 1.87 bits per heavy atom. The second-order valence-corrected chi connectivity index (χ2v) is 7.86. The smallest absolute Gasteiger partial charge is 0.340 e. The highest BCUT2D eigenvalue weighted by Gasteiger charge is 2.23. The van der Waals surface area contributed by atoms with Crippen molar-refractivity contribution in [2.24, 2.45) is 0 Å². The van der Waals surface area contributed by atoms with Gasteiger partial charge in [0.05, 0.1) is 19.1 Å². The van der Waals surface area contributed by atoms with Crippen molar-refractivity contribution in [1.82, 2.24) is 14.8 Å². The summed E-state index contributed by atoms with van der Waals surface area (Å²) in [6, 6.07) is 9.45. The molecule has 7 nitrogen and oxygen atoms in total. The van der Waals surface area contributed by atoms with E-state index in [1.54, 1.807) is 13.2 Å². The molecule has 1 fully saturated rings. The van der Waals surface area contributed by atoms with Gasteiger partial charge in [-0.25, -0.2) is 4.79 Å². The lowest BCUT2D eigenvalue weighted by atomic mass is 10.0. The monoisotopic (exact) mass is 421 g/mol. The lowest BCUT2D eigenvalue weighted by Gasteiger charge is -2.34. The number of carbonyl (C=O) groups is 1. The first-order valence-corrected chi connectivity index (χ1v) is 10.5. The number of methoxy groups -OCH3 is 1. The first-order chi connectivity index (χ1) is 15.0. The van der Waals surface area contributed by atoms with Crippen LogP contribution in [-0.2, 0) is 17.6 Å². The van der Waals surface area contributed by atoms with Crippen molar-refractivity contribution in [2.45, 2.75) is 19.8 Å². The third-order valence-corrected chi connectivity index (χ3v) is 6.01. The van der Waals surface area contributed by atoms with Gasteiger partial charge in [-0.05, 0) is 48.7 Å². The van der Waals surface area contributed by atoms with Gasteiger partial charge in [-0.15, -0.1) is 0 Å². The van der Waals surface area contributed by atoms with Crippen molar-refractivity contribution < 1.29 is 13.9 Å². The maximum Gasteiger partial charge on any atom is 0.340 e. The van der Waals surface area contributed by atoms with Crippen LogP contribution >= 0.6 is 0 Å². The number of carbonyl (C=O) groups excluding carboxylic acids is 1. The van der Waals surface area contributed by atoms with Gasteiger partial charge in [-0.2, -0.15) is 0 Å². The van der Waals surface area contributed by atoms with Crippen molar-refractivity contribution >= 4 is 16.9 Å². The molecule has 1 aliphatic heterocycles. The molecular formula is C24H27N3O4. The molecule has 0 atom stereocenters. The number of aryl methyl sites for hydroxylation is 1. The number of amides is 1. The minimum absolute atomic E-state index is 0.0305. The number of benzene rings is 1. The molecule has 3 heterocycles. The third kappa shape index (κ3) is 4.77. The summed E-state index contributed by atoms with van der Waals surface area (Å²) in [5.41, 5.74) is 2.51. The third-order valence-electron chi connectivity index (χ3n) is 6.01. The summed E-state index contributed by atoms with van der Waals surface area (Å²) in [5.74, 6) is 0.595. The van der Waals surface area contributed by atoms with Crippen LogP contribution < -0.4 is 10.4 Å². The van der Waals surface area contributed by atoms with Crippen molar-refractivity contribution in [3.63, 3.8) is 0 Å². The summed E-state index contributed by atoms with van der Waals surface area (Å²) in [4.78, 5) is 33.7. The fourth-order valence-electron chi connectivity index (χ4n) is 4.03. The van der Waals surface area contributed by atoms with Crippen LogP contribution in [0, 0.1) is 6.92 Å². The zero-order valence-electron chi connectivity index (χ0n) is 18.0. The predicted octanol–water partition coefficient (Wildman–Crippen LogP) is 2.43. The van der Waals surface area contributed by atoms with Gasteiger partial charge in [0, 0.05) is 56.6 Å². The molecule has 0 N–H and O–H groups in total. The minimum atomic E-state index is -0.456. The summed E-state index contributed by atoms with van der Waals surface area (Å²) in [5, 5.41) is 0.823. The van der Waals surface area contributed by atoms with Gasteiger partial charge in [-0.3, -0.25) is 14.7 Å². The Morgan fingerprint density at radius 3 is 2.58 bits per heavy atom. The number of piperazine rings is 1. The number of aromatic nitrogens is 1. The standard InChI is InChI=1S/C24H27N3O4/c1-17-20-4-3-19(30-2)15-22(20)31-24(29)21(17)16-23(28)27-13-11-26(12-14-27)10-7-18-5-8-25-9-6-18/h3-6,8-9,15H,7,10-14,16H2,1-2H3. The Hall–Kier alpha value is -3.19. The molecule has 0 aliphatic carbocycles. The molecule has 0 radical (unpaired) electrons. The van der Waals surface area contributed by atoms with Crippen LogP contribution in [0.25, 0.3) is 11.0 Å². The van der Waals surface area contributed by atoms with E-state index in [0.29, 0.717) is 30.0 Å². The van der Waals surface area contributed by atoms with E-state index in [9.17, 15) is 9.59 Å². The number of hydrogen-bond acceptors (Lipinski definition) is 6. The molecule has 1 aliphatic rings. The number of fused-ring (bicyclic) bond motifs is 1. The number of rotatable bonds is 6. The molecule has 1 amide bonds. The Labute approximate surface area is 181 Å². The molecule has 0 spiro atoms. The average molecular weight is 421 g/mol. The molecular weight excluding hydrogens is 394 g/mol. The quantitative estimate of drug-likeness (QED) is 0.569. The van der Waals surface area contributed by atoms with Crippen molar-refractivity contribution in [1.29, 1.82) is 0 Å². The van der Waals surface area contributed by atoms with Crippen LogP contribution in [0.2, 0.25) is 0 Å². The van der Waals surface area contributed by atoms with E-state index in [0.717, 1.165) is 37.0 Å². The maximum atomic E-state index is 12.9. The molecule has 162 valence electrons. The number of nitrogens with zero attached hydrogens (tertiary/aromatic N) is 3. The Bertz CT molecular complexity index is 1120. The lowest BCUT2D eigenvalue weighted by Crippen LogP contribution is -2.49. The van der Waals surface area contributed by atoms with Gasteiger partial charge in [0.15, 0.2) is 0 Å². The fraction of sp³-hybridized carbons (Fsp3) is 0.375. The highest BCUT2D eigenvalue weighted by atomic mass is 16.5. The summed E-state index contributed by atoms with van der Waals surface area (Å²) in [7, 11) is 1.57. The molecule has 31 heavy (non-hydrogen) atoms. The minimum Gasteiger partial charge on any atom is -0.497 e. The number of pyridine rings is 1. The molecule has 7 heteroatoms. The van der Waals surface area contributed by atoms with Gasteiger partial charge in [0.1, 0.15) is 11.3 Å². The van der Waals surface area contributed by atoms with Gasteiger partial charge in [-0.1, -0.05) is 0 Å². The molecule has 2 aromatic heterocycles. The van der Waals surface area contributed by atoms with Gasteiger partial charge < -0.3 is 14.1 Å². The second-order valence-electron chi connectivity index (χ2n) is 7.86. The maximum absolute atomic E-state index is 12.9. The van der Waals surface area contributed by atoms with E-state index in [1.165, 1.54) is 5.56 Å². The Morgan fingerprint density at radius 1 is 1.13 bits per heavy atom. The molecule has 1 aromatic carbocycles. The first kappa shape index (κ1) is 21.1. The van der Waals surface area contributed by atoms with E-state index in [4.69, 9.17) is 9.15 Å². The molecule has 4 rings (SSSR count). The van der Waals surface area contributed by atoms with Crippen LogP contribution in [-0.4, -0.2) is 60.5 Å². The van der Waals surface area contributed by atoms with E-state index in [-0.39, 0.29) is 12.3 Å². The van der Waals surface area contributed by atoms with Crippen LogP contribution in [0.5, 0.6) is 5.75 Å². The molecule has 0 unspecified atom stereocenters. The average Bonchev–Trinajstić information content (AvgIpc) is 2.81. The largest absolute Gasteiger partial charge is 0.497 e. The van der Waals surface area contributed by atoms with E-state index in [1.807, 2.05) is 48.5 Å². The highest BCUT2D eigenvalue weighted by Crippen LogP contribution is 2.24. The summed E-state index contributed by atoms with van der Waals surface area (Å²) in [6.07, 6.45) is 4.66. The SMILES string of the molecule is COc1ccc2c(C)c(CC(=O)N3CCN(CCc4ccncc4)CC3)c(=O)oc2c1. The normalized spacial score (nSPS) is 14.7. The van der Waals surface area contributed by atoms with Gasteiger partial charge in [0.25, 0.3) is 0 Å². The van der Waals surface area contributed by atoms with Gasteiger partial charge in [0.2, 0.25) is 5.91 Å². The summed E-state index contributed by atoms with van der Waals surface area (Å²) >= 11 is 0. The second kappa shape index (κ2) is 9.31. The first-order valence-electron chi connectivity index (χ1n) is 10.5. The predicted molar refractivity (Wildman–Crippen MR) is 118 cm³/mol. The van der Waals surface area contributed by atoms with E-state index >= 15 is 0 Å². The van der Waals surface area contributed by atoms with Crippen molar-refractivity contribution in [2.75, 3.05) is 39.8 Å². The van der Waals surface area contributed by atoms with Crippen molar-refractivity contribution in [3.8, 4) is 5.75 Å². The number of hydrogen-bond donors (Lipinski definition) is 0. The van der Waals surface area contributed by atoms with Crippen molar-refractivity contribution in [3.05, 3.63) is 69.8 Å². The fourth-order valence-corrected chi connectivity index (χ4v) is 4.03. The zero-order valence-corrected chi connectivity index (χ0v) is 18.0. The van der Waals surface area contributed by atoms with Crippen LogP contribution in [0.15, 0.2) is 51.9 Å². The van der Waals surface area contributed by atoms with Crippen LogP contribution in [0.4, 0.5) is 0 Å². The highest BCUT2D eigenvalue weighted by molar-refractivity contribution is 5.85.